The molecule has 3 unspecified atom stereocenters. The monoisotopic (exact) mass is 206 g/mol. The van der Waals surface area contributed by atoms with Gasteiger partial charge in [0.2, 0.25) is 0 Å². The van der Waals surface area contributed by atoms with Crippen molar-refractivity contribution >= 4 is 5.97 Å². The van der Waals surface area contributed by atoms with E-state index in [0.29, 0.717) is 6.61 Å². The van der Waals surface area contributed by atoms with Gasteiger partial charge in [0.25, 0.3) is 0 Å². The highest BCUT2D eigenvalue weighted by Crippen LogP contribution is 2.04. The van der Waals surface area contributed by atoms with Gasteiger partial charge in [-0.05, 0) is 27.7 Å². The molecule has 0 heterocycles. The summed E-state index contributed by atoms with van der Waals surface area (Å²) in [7, 11) is 0. The van der Waals surface area contributed by atoms with Gasteiger partial charge in [-0.15, -0.1) is 0 Å². The maximum atomic E-state index is 10.4. The van der Waals surface area contributed by atoms with E-state index in [0.717, 1.165) is 0 Å². The highest BCUT2D eigenvalue weighted by atomic mass is 16.8. The van der Waals surface area contributed by atoms with Gasteiger partial charge in [-0.1, -0.05) is 0 Å². The third kappa shape index (κ3) is 5.90. The number of carbonyl (C=O) groups is 1. The van der Waals surface area contributed by atoms with Crippen molar-refractivity contribution in [2.75, 3.05) is 6.61 Å². The van der Waals surface area contributed by atoms with Gasteiger partial charge >= 0.3 is 5.97 Å². The number of carboxylic acid groups (broad SMARTS) is 1. The van der Waals surface area contributed by atoms with E-state index in [9.17, 15) is 4.79 Å². The molecule has 0 saturated carbocycles. The van der Waals surface area contributed by atoms with Crippen molar-refractivity contribution < 1.29 is 24.1 Å². The first-order valence-corrected chi connectivity index (χ1v) is 4.62. The SMILES string of the molecule is CCOC(C)OC(C)OC(C)C(=O)O. The Labute approximate surface area is 84.0 Å². The highest BCUT2D eigenvalue weighted by molar-refractivity contribution is 5.71. The van der Waals surface area contributed by atoms with Crippen molar-refractivity contribution in [3.8, 4) is 0 Å². The van der Waals surface area contributed by atoms with E-state index in [-0.39, 0.29) is 0 Å². The highest BCUT2D eigenvalue weighted by Gasteiger charge is 2.17. The van der Waals surface area contributed by atoms with Crippen molar-refractivity contribution in [3.05, 3.63) is 0 Å². The van der Waals surface area contributed by atoms with Gasteiger partial charge in [0, 0.05) is 6.61 Å². The fourth-order valence-corrected chi connectivity index (χ4v) is 0.922. The Balaban J connectivity index is 3.74. The molecule has 5 nitrogen and oxygen atoms in total. The van der Waals surface area contributed by atoms with E-state index in [1.165, 1.54) is 6.92 Å². The molecule has 0 aromatic carbocycles. The van der Waals surface area contributed by atoms with Crippen LogP contribution in [0.4, 0.5) is 0 Å². The zero-order chi connectivity index (χ0) is 11.1. The van der Waals surface area contributed by atoms with Crippen LogP contribution in [0.25, 0.3) is 0 Å². The molecule has 0 fully saturated rings. The molecule has 0 aliphatic carbocycles. The predicted octanol–water partition coefficient (Wildman–Crippen LogP) is 1.22. The number of aliphatic carboxylic acids is 1. The van der Waals surface area contributed by atoms with Gasteiger partial charge in [0.1, 0.15) is 0 Å². The van der Waals surface area contributed by atoms with E-state index in [4.69, 9.17) is 19.3 Å². The van der Waals surface area contributed by atoms with E-state index in [1.807, 2.05) is 6.92 Å². The second-order valence-electron chi connectivity index (χ2n) is 2.84. The quantitative estimate of drug-likeness (QED) is 0.634. The van der Waals surface area contributed by atoms with Crippen LogP contribution in [0.2, 0.25) is 0 Å². The Bertz CT molecular complexity index is 171. The lowest BCUT2D eigenvalue weighted by atomic mass is 10.4. The van der Waals surface area contributed by atoms with Crippen LogP contribution in [0.1, 0.15) is 27.7 Å². The summed E-state index contributed by atoms with van der Waals surface area (Å²) < 4.78 is 15.3. The van der Waals surface area contributed by atoms with Crippen LogP contribution in [0, 0.1) is 0 Å². The molecule has 0 spiro atoms. The molecule has 0 rings (SSSR count). The van der Waals surface area contributed by atoms with E-state index in [1.54, 1.807) is 13.8 Å². The summed E-state index contributed by atoms with van der Waals surface area (Å²) in [5.41, 5.74) is 0. The number of carboxylic acids is 1. The average molecular weight is 206 g/mol. The Morgan fingerprint density at radius 1 is 1.21 bits per heavy atom. The van der Waals surface area contributed by atoms with Crippen molar-refractivity contribution in [2.45, 2.75) is 46.4 Å². The summed E-state index contributed by atoms with van der Waals surface area (Å²) in [6, 6.07) is 0. The summed E-state index contributed by atoms with van der Waals surface area (Å²) in [5.74, 6) is -1.01. The molecule has 0 aromatic rings. The van der Waals surface area contributed by atoms with Crippen molar-refractivity contribution in [3.63, 3.8) is 0 Å². The summed E-state index contributed by atoms with van der Waals surface area (Å²) in [6.07, 6.45) is -1.86. The van der Waals surface area contributed by atoms with Gasteiger partial charge in [-0.2, -0.15) is 0 Å². The first kappa shape index (κ1) is 13.4. The minimum Gasteiger partial charge on any atom is -0.479 e. The molecule has 0 aliphatic heterocycles. The molecule has 0 aliphatic rings. The maximum Gasteiger partial charge on any atom is 0.332 e. The van der Waals surface area contributed by atoms with Crippen molar-refractivity contribution in [2.24, 2.45) is 0 Å². The molecule has 3 atom stereocenters. The molecular formula is C9H18O5. The minimum atomic E-state index is -1.01. The lowest BCUT2D eigenvalue weighted by molar-refractivity contribution is -0.243. The molecule has 0 radical (unpaired) electrons. The second-order valence-corrected chi connectivity index (χ2v) is 2.84. The summed E-state index contributed by atoms with van der Waals surface area (Å²) >= 11 is 0. The van der Waals surface area contributed by atoms with Gasteiger partial charge in [0.05, 0.1) is 0 Å². The van der Waals surface area contributed by atoms with Gasteiger partial charge in [-0.3, -0.25) is 0 Å². The summed E-state index contributed by atoms with van der Waals surface area (Å²) in [4.78, 5) is 10.4. The third-order valence-electron chi connectivity index (χ3n) is 1.53. The standard InChI is InChI=1S/C9H18O5/c1-5-12-7(3)14-8(4)13-6(2)9(10)11/h6-8H,5H2,1-4H3,(H,10,11). The fourth-order valence-electron chi connectivity index (χ4n) is 0.922. The Hall–Kier alpha value is -0.650. The lowest BCUT2D eigenvalue weighted by Gasteiger charge is -2.20. The van der Waals surface area contributed by atoms with Gasteiger partial charge < -0.3 is 19.3 Å². The first-order valence-electron chi connectivity index (χ1n) is 4.62. The number of hydrogen-bond acceptors (Lipinski definition) is 4. The average Bonchev–Trinajstić information content (AvgIpc) is 2.03. The van der Waals surface area contributed by atoms with Gasteiger partial charge in [-0.25, -0.2) is 4.79 Å². The second kappa shape index (κ2) is 6.75. The predicted molar refractivity (Wildman–Crippen MR) is 49.8 cm³/mol. The van der Waals surface area contributed by atoms with Crippen LogP contribution < -0.4 is 0 Å². The molecule has 84 valence electrons. The topological polar surface area (TPSA) is 65.0 Å². The van der Waals surface area contributed by atoms with Crippen LogP contribution in [0.3, 0.4) is 0 Å². The fraction of sp³-hybridized carbons (Fsp3) is 0.889. The van der Waals surface area contributed by atoms with E-state index in [2.05, 4.69) is 0 Å². The first-order chi connectivity index (χ1) is 6.47. The maximum absolute atomic E-state index is 10.4. The van der Waals surface area contributed by atoms with Crippen molar-refractivity contribution in [1.29, 1.82) is 0 Å². The number of ether oxygens (including phenoxy) is 3. The van der Waals surface area contributed by atoms with Crippen LogP contribution in [0.15, 0.2) is 0 Å². The van der Waals surface area contributed by atoms with Gasteiger partial charge in [0.15, 0.2) is 18.7 Å². The molecule has 1 N–H and O–H groups in total. The molecule has 5 heteroatoms. The molecular weight excluding hydrogens is 188 g/mol. The van der Waals surface area contributed by atoms with Crippen molar-refractivity contribution in [1.82, 2.24) is 0 Å². The molecule has 0 bridgehead atoms. The Morgan fingerprint density at radius 3 is 2.21 bits per heavy atom. The Morgan fingerprint density at radius 2 is 1.79 bits per heavy atom. The zero-order valence-electron chi connectivity index (χ0n) is 9.02. The Kier molecular flexibility index (Phi) is 6.44. The molecule has 0 amide bonds. The smallest absolute Gasteiger partial charge is 0.332 e. The summed E-state index contributed by atoms with van der Waals surface area (Å²) in [5, 5.41) is 8.56. The van der Waals surface area contributed by atoms with Crippen LogP contribution in [0.5, 0.6) is 0 Å². The largest absolute Gasteiger partial charge is 0.479 e. The molecule has 14 heavy (non-hydrogen) atoms. The molecule has 0 saturated heterocycles. The van der Waals surface area contributed by atoms with Crippen LogP contribution >= 0.6 is 0 Å². The lowest BCUT2D eigenvalue weighted by Crippen LogP contribution is -2.29. The molecule has 0 aromatic heterocycles. The zero-order valence-corrected chi connectivity index (χ0v) is 9.02. The van der Waals surface area contributed by atoms with E-state index < -0.39 is 24.7 Å². The normalized spacial score (nSPS) is 17.4. The summed E-state index contributed by atoms with van der Waals surface area (Å²) in [6.45, 7) is 7.21. The van der Waals surface area contributed by atoms with E-state index >= 15 is 0 Å². The van der Waals surface area contributed by atoms with Crippen LogP contribution in [-0.4, -0.2) is 36.4 Å². The minimum absolute atomic E-state index is 0.393. The number of hydrogen-bond donors (Lipinski definition) is 1. The number of rotatable bonds is 7. The third-order valence-corrected chi connectivity index (χ3v) is 1.53. The van der Waals surface area contributed by atoms with Crippen LogP contribution in [-0.2, 0) is 19.0 Å².